The van der Waals surface area contributed by atoms with Crippen molar-refractivity contribution in [2.75, 3.05) is 0 Å². The summed E-state index contributed by atoms with van der Waals surface area (Å²) in [6.07, 6.45) is 2.97. The van der Waals surface area contributed by atoms with Crippen LogP contribution in [0.3, 0.4) is 0 Å². The fraction of sp³-hybridized carbons (Fsp3) is 0. The summed E-state index contributed by atoms with van der Waals surface area (Å²) >= 11 is 0. The van der Waals surface area contributed by atoms with Gasteiger partial charge in [0, 0.05) is 35.7 Å². The summed E-state index contributed by atoms with van der Waals surface area (Å²) in [5.41, 5.74) is -0.127. The predicted molar refractivity (Wildman–Crippen MR) is 54.9 cm³/mol. The molecule has 1 heterocycles. The van der Waals surface area contributed by atoms with E-state index in [1.165, 1.54) is 18.5 Å². The second-order valence-corrected chi connectivity index (χ2v) is 3.37. The molecule has 17 heavy (non-hydrogen) atoms. The predicted octanol–water partition coefficient (Wildman–Crippen LogP) is 2.98. The third kappa shape index (κ3) is 2.18. The summed E-state index contributed by atoms with van der Waals surface area (Å²) in [5.74, 6) is -3.07. The Morgan fingerprint density at radius 2 is 1.65 bits per heavy atom. The second-order valence-electron chi connectivity index (χ2n) is 3.37. The fourth-order valence-corrected chi connectivity index (χ4v) is 1.48. The van der Waals surface area contributed by atoms with E-state index in [9.17, 15) is 18.0 Å². The molecule has 0 saturated carbocycles. The molecule has 0 radical (unpaired) electrons. The monoisotopic (exact) mass is 237 g/mol. The molecule has 0 spiro atoms. The Hall–Kier alpha value is -2.17. The first-order valence-corrected chi connectivity index (χ1v) is 4.67. The van der Waals surface area contributed by atoms with Gasteiger partial charge >= 0.3 is 0 Å². The highest BCUT2D eigenvalue weighted by Crippen LogP contribution is 2.26. The number of hydrogen-bond donors (Lipinski definition) is 0. The van der Waals surface area contributed by atoms with Gasteiger partial charge in [0.1, 0.15) is 17.5 Å². The zero-order valence-electron chi connectivity index (χ0n) is 8.45. The maximum absolute atomic E-state index is 13.4. The molecule has 0 amide bonds. The minimum atomic E-state index is -1.03. The normalized spacial score (nSPS) is 10.3. The first-order chi connectivity index (χ1) is 8.11. The number of halogens is 3. The third-order valence-electron chi connectivity index (χ3n) is 2.19. The van der Waals surface area contributed by atoms with Crippen molar-refractivity contribution < 1.29 is 18.0 Å². The number of carbonyl (C=O) groups is 1. The largest absolute Gasteiger partial charge is 0.298 e. The molecule has 0 aliphatic heterocycles. The van der Waals surface area contributed by atoms with Gasteiger partial charge in [-0.05, 0) is 6.07 Å². The number of pyridine rings is 1. The van der Waals surface area contributed by atoms with Crippen LogP contribution in [0.15, 0.2) is 30.6 Å². The van der Waals surface area contributed by atoms with Crippen molar-refractivity contribution in [3.63, 3.8) is 0 Å². The van der Waals surface area contributed by atoms with Crippen LogP contribution in [0.25, 0.3) is 11.1 Å². The summed E-state index contributed by atoms with van der Waals surface area (Å²) < 4.78 is 39.6. The van der Waals surface area contributed by atoms with E-state index in [4.69, 9.17) is 0 Å². The molecule has 0 N–H and O–H groups in total. The molecule has 1 aromatic heterocycles. The standard InChI is InChI=1S/C12H6F3NO/c13-9-2-10(14)12(11(15)3-9)8-1-7(6-17)4-16-5-8/h1-6H. The quantitative estimate of drug-likeness (QED) is 0.751. The van der Waals surface area contributed by atoms with Crippen molar-refractivity contribution in [3.05, 3.63) is 53.6 Å². The summed E-state index contributed by atoms with van der Waals surface area (Å²) in [6.45, 7) is 0. The van der Waals surface area contributed by atoms with E-state index in [2.05, 4.69) is 4.98 Å². The molecule has 0 aliphatic carbocycles. The molecule has 0 fully saturated rings. The zero-order valence-corrected chi connectivity index (χ0v) is 8.45. The van der Waals surface area contributed by atoms with E-state index in [1.807, 2.05) is 0 Å². The van der Waals surface area contributed by atoms with Crippen LogP contribution in [0.5, 0.6) is 0 Å². The average Bonchev–Trinajstić information content (AvgIpc) is 2.28. The van der Waals surface area contributed by atoms with Crippen LogP contribution in [0.2, 0.25) is 0 Å². The minimum absolute atomic E-state index is 0.0876. The Bertz CT molecular complexity index is 561. The average molecular weight is 237 g/mol. The topological polar surface area (TPSA) is 30.0 Å². The van der Waals surface area contributed by atoms with Crippen LogP contribution in [0, 0.1) is 17.5 Å². The smallest absolute Gasteiger partial charge is 0.151 e. The Morgan fingerprint density at radius 1 is 1.00 bits per heavy atom. The highest BCUT2D eigenvalue weighted by atomic mass is 19.1. The third-order valence-corrected chi connectivity index (χ3v) is 2.19. The van der Waals surface area contributed by atoms with Crippen LogP contribution in [0.1, 0.15) is 10.4 Å². The van der Waals surface area contributed by atoms with Crippen molar-refractivity contribution in [1.29, 1.82) is 0 Å². The lowest BCUT2D eigenvalue weighted by molar-refractivity contribution is 0.112. The molecule has 2 rings (SSSR count). The summed E-state index contributed by atoms with van der Waals surface area (Å²) in [4.78, 5) is 14.2. The number of carbonyl (C=O) groups excluding carboxylic acids is 1. The molecule has 0 bridgehead atoms. The van der Waals surface area contributed by atoms with Gasteiger partial charge in [-0.3, -0.25) is 9.78 Å². The number of hydrogen-bond acceptors (Lipinski definition) is 2. The summed E-state index contributed by atoms with van der Waals surface area (Å²) in [6, 6.07) is 2.43. The SMILES string of the molecule is O=Cc1cncc(-c2c(F)cc(F)cc2F)c1. The lowest BCUT2D eigenvalue weighted by atomic mass is 10.0. The van der Waals surface area contributed by atoms with Gasteiger partial charge in [-0.15, -0.1) is 0 Å². The van der Waals surface area contributed by atoms with Crippen molar-refractivity contribution in [3.8, 4) is 11.1 Å². The van der Waals surface area contributed by atoms with E-state index >= 15 is 0 Å². The van der Waals surface area contributed by atoms with Gasteiger partial charge in [0.05, 0.1) is 5.56 Å². The zero-order chi connectivity index (χ0) is 12.4. The number of nitrogens with zero attached hydrogens (tertiary/aromatic N) is 1. The van der Waals surface area contributed by atoms with Gasteiger partial charge in [0.2, 0.25) is 0 Å². The van der Waals surface area contributed by atoms with Crippen molar-refractivity contribution in [2.45, 2.75) is 0 Å². The van der Waals surface area contributed by atoms with Crippen molar-refractivity contribution in [2.24, 2.45) is 0 Å². The van der Waals surface area contributed by atoms with Crippen LogP contribution in [0.4, 0.5) is 13.2 Å². The maximum Gasteiger partial charge on any atom is 0.151 e. The fourth-order valence-electron chi connectivity index (χ4n) is 1.48. The summed E-state index contributed by atoms with van der Waals surface area (Å²) in [5, 5.41) is 0. The van der Waals surface area contributed by atoms with Gasteiger partial charge < -0.3 is 0 Å². The molecule has 0 aliphatic rings. The number of benzene rings is 1. The van der Waals surface area contributed by atoms with Crippen LogP contribution in [-0.4, -0.2) is 11.3 Å². The van der Waals surface area contributed by atoms with E-state index in [0.29, 0.717) is 18.4 Å². The molecule has 2 aromatic rings. The number of aromatic nitrogens is 1. The van der Waals surface area contributed by atoms with Crippen LogP contribution >= 0.6 is 0 Å². The van der Waals surface area contributed by atoms with Gasteiger partial charge in [-0.25, -0.2) is 13.2 Å². The molecule has 0 atom stereocenters. The van der Waals surface area contributed by atoms with Gasteiger partial charge in [-0.2, -0.15) is 0 Å². The lowest BCUT2D eigenvalue weighted by Crippen LogP contribution is -1.94. The lowest BCUT2D eigenvalue weighted by Gasteiger charge is -2.05. The first-order valence-electron chi connectivity index (χ1n) is 4.67. The Kier molecular flexibility index (Phi) is 2.91. The van der Waals surface area contributed by atoms with Crippen LogP contribution in [-0.2, 0) is 0 Å². The molecule has 0 saturated heterocycles. The van der Waals surface area contributed by atoms with Gasteiger partial charge in [0.25, 0.3) is 0 Å². The maximum atomic E-state index is 13.4. The van der Waals surface area contributed by atoms with E-state index < -0.39 is 23.0 Å². The van der Waals surface area contributed by atoms with E-state index in [0.717, 1.165) is 0 Å². The Balaban J connectivity index is 2.63. The highest BCUT2D eigenvalue weighted by molar-refractivity contribution is 5.78. The molecular formula is C12H6F3NO. The minimum Gasteiger partial charge on any atom is -0.298 e. The highest BCUT2D eigenvalue weighted by Gasteiger charge is 2.14. The molecule has 86 valence electrons. The summed E-state index contributed by atoms with van der Waals surface area (Å²) in [7, 11) is 0. The number of aldehydes is 1. The molecule has 1 aromatic carbocycles. The van der Waals surface area contributed by atoms with E-state index in [1.54, 1.807) is 0 Å². The second kappa shape index (κ2) is 4.37. The van der Waals surface area contributed by atoms with Crippen molar-refractivity contribution in [1.82, 2.24) is 4.98 Å². The molecular weight excluding hydrogens is 231 g/mol. The van der Waals surface area contributed by atoms with Crippen molar-refractivity contribution >= 4 is 6.29 Å². The Morgan fingerprint density at radius 3 is 2.24 bits per heavy atom. The molecule has 0 unspecified atom stereocenters. The van der Waals surface area contributed by atoms with E-state index in [-0.39, 0.29) is 11.1 Å². The molecule has 2 nitrogen and oxygen atoms in total. The van der Waals surface area contributed by atoms with Gasteiger partial charge in [-0.1, -0.05) is 0 Å². The first kappa shape index (κ1) is 11.3. The number of rotatable bonds is 2. The molecule has 5 heteroatoms. The van der Waals surface area contributed by atoms with Crippen LogP contribution < -0.4 is 0 Å². The van der Waals surface area contributed by atoms with Gasteiger partial charge in [0.15, 0.2) is 6.29 Å². The Labute approximate surface area is 94.7 Å².